The van der Waals surface area contributed by atoms with Gasteiger partial charge in [-0.1, -0.05) is 0 Å². The zero-order valence-corrected chi connectivity index (χ0v) is 6.71. The van der Waals surface area contributed by atoms with Crippen molar-refractivity contribution in [1.29, 1.82) is 0 Å². The molecule has 0 aliphatic rings. The Bertz CT molecular complexity index is 55.4. The first-order valence-electron chi connectivity index (χ1n) is 0.730. The van der Waals surface area contributed by atoms with Gasteiger partial charge in [0.1, 0.15) is 0 Å². The Morgan fingerprint density at radius 3 is 0.800 bits per heavy atom. The smallest absolute Gasteiger partial charge is 0.822 e. The largest absolute Gasteiger partial charge is 3.00 e. The average Bonchev–Trinajstić information content (AvgIpc) is 0.722. The molecule has 8 N–H and O–H groups in total. The fourth-order valence-electron chi connectivity index (χ4n) is 0. The van der Waals surface area contributed by atoms with Crippen molar-refractivity contribution in [2.24, 2.45) is 0 Å². The Labute approximate surface area is 67.1 Å². The Kier molecular flexibility index (Phi) is 76.2. The van der Waals surface area contributed by atoms with Crippen LogP contribution in [0.1, 0.15) is 0 Å². The molecule has 0 atom stereocenters. The third kappa shape index (κ3) is 2040. The molecule has 10 heavy (non-hydrogen) atoms. The van der Waals surface area contributed by atoms with E-state index in [-0.39, 0.29) is 39.3 Å². The predicted octanol–water partition coefficient (Wildman–Crippen LogP) is -6.50. The van der Waals surface area contributed by atoms with Crippen LogP contribution in [0.25, 0.3) is 0 Å². The van der Waals surface area contributed by atoms with Gasteiger partial charge in [0.25, 0.3) is 0 Å². The van der Waals surface area contributed by atoms with Crippen LogP contribution < -0.4 is 14.7 Å². The Hall–Kier alpha value is 0.482. The molecular formula is H8AlO8P. The zero-order valence-electron chi connectivity index (χ0n) is 4.66. The van der Waals surface area contributed by atoms with E-state index in [1.54, 1.807) is 0 Å². The van der Waals surface area contributed by atoms with Gasteiger partial charge in [0.2, 0.25) is 0 Å². The van der Waals surface area contributed by atoms with Crippen molar-refractivity contribution in [2.45, 2.75) is 0 Å². The molecule has 0 saturated heterocycles. The van der Waals surface area contributed by atoms with E-state index in [4.69, 9.17) is 19.2 Å². The van der Waals surface area contributed by atoms with E-state index >= 15 is 0 Å². The van der Waals surface area contributed by atoms with Crippen molar-refractivity contribution in [1.82, 2.24) is 0 Å². The van der Waals surface area contributed by atoms with Crippen LogP contribution in [0.2, 0.25) is 0 Å². The van der Waals surface area contributed by atoms with Crippen LogP contribution in [0.3, 0.4) is 0 Å². The maximum Gasteiger partial charge on any atom is 3.00 e. The first-order chi connectivity index (χ1) is 2.00. The van der Waals surface area contributed by atoms with Crippen molar-refractivity contribution < 1.29 is 41.2 Å². The standard InChI is InChI=1S/Al.H3O4P.4H2O/c;1-5(2,3)4;;;;/h;(H3,1,2,3,4);4*1H2/q+3;;;;;/p-3. The van der Waals surface area contributed by atoms with Gasteiger partial charge in [-0.25, -0.2) is 0 Å². The van der Waals surface area contributed by atoms with E-state index in [0.717, 1.165) is 0 Å². The fraction of sp³-hybridized carbons (Fsp3) is 0. The second-order valence-electron chi connectivity index (χ2n) is 0.447. The third-order valence-corrected chi connectivity index (χ3v) is 0. The molecule has 10 heteroatoms. The summed E-state index contributed by atoms with van der Waals surface area (Å²) >= 11 is 0. The van der Waals surface area contributed by atoms with E-state index in [0.29, 0.717) is 0 Å². The van der Waals surface area contributed by atoms with Crippen LogP contribution in [0.15, 0.2) is 0 Å². The van der Waals surface area contributed by atoms with Crippen LogP contribution in [-0.4, -0.2) is 39.3 Å². The minimum atomic E-state index is -5.39. The SMILES string of the molecule is O.O.O.O.O=P([O-])([O-])[O-].[Al+3]. The fourth-order valence-corrected chi connectivity index (χ4v) is 0. The molecule has 0 radical (unpaired) electrons. The van der Waals surface area contributed by atoms with Crippen LogP contribution in [-0.2, 0) is 4.57 Å². The molecule has 0 fully saturated rings. The topological polar surface area (TPSA) is 212 Å². The van der Waals surface area contributed by atoms with Crippen LogP contribution in [0.5, 0.6) is 0 Å². The molecule has 0 rings (SSSR count). The summed E-state index contributed by atoms with van der Waals surface area (Å²) in [5, 5.41) is 0. The van der Waals surface area contributed by atoms with E-state index < -0.39 is 7.82 Å². The van der Waals surface area contributed by atoms with Crippen molar-refractivity contribution in [2.75, 3.05) is 0 Å². The molecule has 0 bridgehead atoms. The zero-order chi connectivity index (χ0) is 4.50. The molecule has 0 aliphatic heterocycles. The van der Waals surface area contributed by atoms with E-state index in [2.05, 4.69) is 0 Å². The average molecular weight is 194 g/mol. The first kappa shape index (κ1) is 46.9. The Morgan fingerprint density at radius 2 is 0.800 bits per heavy atom. The van der Waals surface area contributed by atoms with Gasteiger partial charge >= 0.3 is 17.4 Å². The quantitative estimate of drug-likeness (QED) is 0.271. The van der Waals surface area contributed by atoms with Crippen LogP contribution >= 0.6 is 7.82 Å². The minimum Gasteiger partial charge on any atom is -0.822 e. The summed E-state index contributed by atoms with van der Waals surface area (Å²) < 4.78 is 8.55. The van der Waals surface area contributed by atoms with Gasteiger partial charge in [-0.05, 0) is 0 Å². The number of rotatable bonds is 0. The molecule has 0 aliphatic carbocycles. The second-order valence-corrected chi connectivity index (χ2v) is 1.34. The van der Waals surface area contributed by atoms with Gasteiger partial charge in [0.05, 0.1) is 0 Å². The van der Waals surface area contributed by atoms with E-state index in [9.17, 15) is 0 Å². The number of phosphoric acid groups is 1. The first-order valence-corrected chi connectivity index (χ1v) is 2.19. The molecule has 0 spiro atoms. The normalized spacial score (nSPS) is 5.90. The number of hydrogen-bond acceptors (Lipinski definition) is 4. The van der Waals surface area contributed by atoms with Gasteiger partial charge in [0.15, 0.2) is 0 Å². The third-order valence-electron chi connectivity index (χ3n) is 0. The Morgan fingerprint density at radius 1 is 0.800 bits per heavy atom. The summed E-state index contributed by atoms with van der Waals surface area (Å²) in [7, 11) is -5.39. The molecular weight excluding hydrogens is 186 g/mol. The van der Waals surface area contributed by atoms with E-state index in [1.165, 1.54) is 0 Å². The number of hydrogen-bond donors (Lipinski definition) is 0. The van der Waals surface area contributed by atoms with Crippen molar-refractivity contribution >= 4 is 25.2 Å². The summed E-state index contributed by atoms with van der Waals surface area (Å²) in [5.74, 6) is 0. The maximum absolute atomic E-state index is 8.55. The molecule has 0 saturated carbocycles. The van der Waals surface area contributed by atoms with Crippen molar-refractivity contribution in [3.8, 4) is 0 Å². The minimum absolute atomic E-state index is 0. The van der Waals surface area contributed by atoms with Gasteiger partial charge < -0.3 is 41.2 Å². The summed E-state index contributed by atoms with van der Waals surface area (Å²) in [6.07, 6.45) is 0. The van der Waals surface area contributed by atoms with E-state index in [1.807, 2.05) is 0 Å². The van der Waals surface area contributed by atoms with Gasteiger partial charge in [-0.15, -0.1) is 0 Å². The van der Waals surface area contributed by atoms with Crippen LogP contribution in [0, 0.1) is 0 Å². The molecule has 0 aromatic heterocycles. The summed E-state index contributed by atoms with van der Waals surface area (Å²) in [6.45, 7) is 0. The molecule has 0 aromatic carbocycles. The predicted molar refractivity (Wildman–Crippen MR) is 27.8 cm³/mol. The van der Waals surface area contributed by atoms with Gasteiger partial charge in [0, 0.05) is 0 Å². The molecule has 8 nitrogen and oxygen atoms in total. The molecule has 0 aromatic rings. The molecule has 0 unspecified atom stereocenters. The second kappa shape index (κ2) is 16.2. The monoisotopic (exact) mass is 194 g/mol. The van der Waals surface area contributed by atoms with Gasteiger partial charge in [-0.3, -0.25) is 0 Å². The maximum atomic E-state index is 8.55. The molecule has 64 valence electrons. The summed E-state index contributed by atoms with van der Waals surface area (Å²) in [6, 6.07) is 0. The van der Waals surface area contributed by atoms with Gasteiger partial charge in [-0.2, -0.15) is 7.82 Å². The van der Waals surface area contributed by atoms with Crippen LogP contribution in [0.4, 0.5) is 0 Å². The molecule has 0 heterocycles. The Balaban J connectivity index is -0.00000000800. The summed E-state index contributed by atoms with van der Waals surface area (Å²) in [4.78, 5) is 25.6. The summed E-state index contributed by atoms with van der Waals surface area (Å²) in [5.41, 5.74) is 0. The van der Waals surface area contributed by atoms with Crippen molar-refractivity contribution in [3.05, 3.63) is 0 Å². The van der Waals surface area contributed by atoms with Crippen molar-refractivity contribution in [3.63, 3.8) is 0 Å². The molecule has 0 amide bonds.